The highest BCUT2D eigenvalue weighted by Crippen LogP contribution is 1.89. The van der Waals surface area contributed by atoms with Crippen molar-refractivity contribution in [3.8, 4) is 0 Å². The van der Waals surface area contributed by atoms with Gasteiger partial charge in [0.2, 0.25) is 0 Å². The second-order valence-corrected chi connectivity index (χ2v) is 3.89. The van der Waals surface area contributed by atoms with Gasteiger partial charge in [0.25, 0.3) is 0 Å². The van der Waals surface area contributed by atoms with Gasteiger partial charge in [-0.2, -0.15) is 5.10 Å². The van der Waals surface area contributed by atoms with Crippen LogP contribution in [0.15, 0.2) is 18.5 Å². The Labute approximate surface area is 85.9 Å². The summed E-state index contributed by atoms with van der Waals surface area (Å²) < 4.78 is 1.95. The Morgan fingerprint density at radius 2 is 2.29 bits per heavy atom. The zero-order chi connectivity index (χ0) is 10.4. The van der Waals surface area contributed by atoms with E-state index in [1.165, 1.54) is 0 Å². The van der Waals surface area contributed by atoms with Crippen LogP contribution in [0.2, 0.25) is 0 Å². The molecule has 1 heterocycles. The number of aromatic nitrogens is 2. The Morgan fingerprint density at radius 1 is 1.50 bits per heavy atom. The monoisotopic (exact) mass is 196 g/mol. The maximum absolute atomic E-state index is 4.17. The van der Waals surface area contributed by atoms with Gasteiger partial charge in [-0.15, -0.1) is 0 Å². The molecule has 1 aromatic rings. The van der Waals surface area contributed by atoms with Gasteiger partial charge in [0.1, 0.15) is 0 Å². The van der Waals surface area contributed by atoms with Crippen LogP contribution in [0, 0.1) is 0 Å². The second kappa shape index (κ2) is 5.78. The zero-order valence-corrected chi connectivity index (χ0v) is 9.27. The molecule has 0 bridgehead atoms. The normalized spacial score (nSPS) is 13.4. The Morgan fingerprint density at radius 3 is 2.86 bits per heavy atom. The van der Waals surface area contributed by atoms with Crippen molar-refractivity contribution in [1.82, 2.24) is 20.0 Å². The lowest BCUT2D eigenvalue weighted by Gasteiger charge is -2.16. The summed E-state index contributed by atoms with van der Waals surface area (Å²) in [4.78, 5) is 2.17. The highest BCUT2D eigenvalue weighted by Gasteiger charge is 2.01. The number of hydrogen-bond donors (Lipinski definition) is 1. The third-order valence-electron chi connectivity index (χ3n) is 2.07. The van der Waals surface area contributed by atoms with Crippen LogP contribution in [-0.4, -0.2) is 47.9 Å². The summed E-state index contributed by atoms with van der Waals surface area (Å²) in [5.41, 5.74) is 0. The number of hydrogen-bond acceptors (Lipinski definition) is 3. The van der Waals surface area contributed by atoms with Crippen molar-refractivity contribution >= 4 is 0 Å². The van der Waals surface area contributed by atoms with E-state index < -0.39 is 0 Å². The summed E-state index contributed by atoms with van der Waals surface area (Å²) >= 11 is 0. The lowest BCUT2D eigenvalue weighted by Crippen LogP contribution is -2.35. The van der Waals surface area contributed by atoms with Gasteiger partial charge in [-0.05, 0) is 27.1 Å². The molecule has 0 spiro atoms. The van der Waals surface area contributed by atoms with Gasteiger partial charge >= 0.3 is 0 Å². The molecule has 4 nitrogen and oxygen atoms in total. The van der Waals surface area contributed by atoms with E-state index in [0.717, 1.165) is 19.6 Å². The molecule has 4 heteroatoms. The molecule has 0 aliphatic heterocycles. The number of rotatable bonds is 6. The molecule has 0 saturated carbocycles. The first-order valence-corrected chi connectivity index (χ1v) is 5.04. The standard InChI is InChI=1S/C10H20N4/c1-10(11-6-8-13(2)3)9-14-7-4-5-12-14/h4-5,7,10-11H,6,8-9H2,1-3H3. The highest BCUT2D eigenvalue weighted by molar-refractivity contribution is 4.78. The largest absolute Gasteiger partial charge is 0.311 e. The highest BCUT2D eigenvalue weighted by atomic mass is 15.3. The fourth-order valence-electron chi connectivity index (χ4n) is 1.29. The average molecular weight is 196 g/mol. The molecule has 0 aliphatic rings. The van der Waals surface area contributed by atoms with Crippen LogP contribution < -0.4 is 5.32 Å². The van der Waals surface area contributed by atoms with Crippen LogP contribution >= 0.6 is 0 Å². The third-order valence-corrected chi connectivity index (χ3v) is 2.07. The third kappa shape index (κ3) is 4.39. The summed E-state index contributed by atoms with van der Waals surface area (Å²) in [6.07, 6.45) is 3.80. The predicted molar refractivity (Wildman–Crippen MR) is 58.2 cm³/mol. The molecule has 0 aliphatic carbocycles. The van der Waals surface area contributed by atoms with Gasteiger partial charge in [0.05, 0.1) is 6.54 Å². The Balaban J connectivity index is 2.13. The second-order valence-electron chi connectivity index (χ2n) is 3.89. The van der Waals surface area contributed by atoms with Gasteiger partial charge in [-0.1, -0.05) is 0 Å². The number of likely N-dealkylation sites (N-methyl/N-ethyl adjacent to an activating group) is 1. The van der Waals surface area contributed by atoms with Crippen LogP contribution in [0.5, 0.6) is 0 Å². The van der Waals surface area contributed by atoms with Gasteiger partial charge in [-0.3, -0.25) is 4.68 Å². The molecule has 0 saturated heterocycles. The van der Waals surface area contributed by atoms with E-state index in [1.807, 2.05) is 23.1 Å². The molecule has 1 unspecified atom stereocenters. The van der Waals surface area contributed by atoms with E-state index >= 15 is 0 Å². The molecular weight excluding hydrogens is 176 g/mol. The molecule has 1 atom stereocenters. The molecule has 1 rings (SSSR count). The maximum Gasteiger partial charge on any atom is 0.0559 e. The minimum absolute atomic E-state index is 0.467. The molecule has 1 aromatic heterocycles. The minimum atomic E-state index is 0.467. The summed E-state index contributed by atoms with van der Waals surface area (Å²) in [6.45, 7) is 5.21. The Kier molecular flexibility index (Phi) is 4.62. The van der Waals surface area contributed by atoms with E-state index in [0.29, 0.717) is 6.04 Å². The molecule has 0 fully saturated rings. The fourth-order valence-corrected chi connectivity index (χ4v) is 1.29. The summed E-state index contributed by atoms with van der Waals surface area (Å²) in [5.74, 6) is 0. The molecule has 0 radical (unpaired) electrons. The average Bonchev–Trinajstić information content (AvgIpc) is 2.56. The summed E-state index contributed by atoms with van der Waals surface area (Å²) in [7, 11) is 4.17. The fraction of sp³-hybridized carbons (Fsp3) is 0.700. The first-order valence-electron chi connectivity index (χ1n) is 5.04. The van der Waals surface area contributed by atoms with Crippen LogP contribution in [-0.2, 0) is 6.54 Å². The van der Waals surface area contributed by atoms with Crippen molar-refractivity contribution in [2.75, 3.05) is 27.2 Å². The number of nitrogens with one attached hydrogen (secondary N) is 1. The van der Waals surface area contributed by atoms with Crippen LogP contribution in [0.1, 0.15) is 6.92 Å². The van der Waals surface area contributed by atoms with Crippen molar-refractivity contribution in [3.63, 3.8) is 0 Å². The zero-order valence-electron chi connectivity index (χ0n) is 9.27. The van der Waals surface area contributed by atoms with E-state index in [1.54, 1.807) is 0 Å². The smallest absolute Gasteiger partial charge is 0.0559 e. The molecule has 0 amide bonds. The van der Waals surface area contributed by atoms with Crippen LogP contribution in [0.3, 0.4) is 0 Å². The van der Waals surface area contributed by atoms with E-state index in [-0.39, 0.29) is 0 Å². The Hall–Kier alpha value is -0.870. The van der Waals surface area contributed by atoms with Crippen molar-refractivity contribution in [3.05, 3.63) is 18.5 Å². The lowest BCUT2D eigenvalue weighted by molar-refractivity contribution is 0.372. The number of nitrogens with zero attached hydrogens (tertiary/aromatic N) is 3. The van der Waals surface area contributed by atoms with Crippen LogP contribution in [0.4, 0.5) is 0 Å². The van der Waals surface area contributed by atoms with E-state index in [9.17, 15) is 0 Å². The quantitative estimate of drug-likeness (QED) is 0.716. The summed E-state index contributed by atoms with van der Waals surface area (Å²) in [5, 5.41) is 7.62. The lowest BCUT2D eigenvalue weighted by atomic mass is 10.3. The first kappa shape index (κ1) is 11.2. The van der Waals surface area contributed by atoms with Crippen molar-refractivity contribution in [2.45, 2.75) is 19.5 Å². The molecule has 1 N–H and O–H groups in total. The summed E-state index contributed by atoms with van der Waals surface area (Å²) in [6, 6.07) is 2.42. The van der Waals surface area contributed by atoms with Crippen molar-refractivity contribution in [2.24, 2.45) is 0 Å². The van der Waals surface area contributed by atoms with Gasteiger partial charge < -0.3 is 10.2 Å². The molecule has 14 heavy (non-hydrogen) atoms. The van der Waals surface area contributed by atoms with Gasteiger partial charge in [0.15, 0.2) is 0 Å². The van der Waals surface area contributed by atoms with E-state index in [2.05, 4.69) is 36.3 Å². The maximum atomic E-state index is 4.17. The van der Waals surface area contributed by atoms with Crippen LogP contribution in [0.25, 0.3) is 0 Å². The van der Waals surface area contributed by atoms with E-state index in [4.69, 9.17) is 0 Å². The molecule has 0 aromatic carbocycles. The van der Waals surface area contributed by atoms with Crippen molar-refractivity contribution < 1.29 is 0 Å². The van der Waals surface area contributed by atoms with Crippen molar-refractivity contribution in [1.29, 1.82) is 0 Å². The topological polar surface area (TPSA) is 33.1 Å². The Bertz CT molecular complexity index is 230. The predicted octanol–water partition coefficient (Wildman–Crippen LogP) is 0.423. The molecular formula is C10H20N4. The van der Waals surface area contributed by atoms with Gasteiger partial charge in [0, 0.05) is 31.5 Å². The first-order chi connectivity index (χ1) is 6.68. The molecule has 80 valence electrons. The minimum Gasteiger partial charge on any atom is -0.311 e. The van der Waals surface area contributed by atoms with Gasteiger partial charge in [-0.25, -0.2) is 0 Å². The SMILES string of the molecule is CC(Cn1cccn1)NCCN(C)C.